The molecule has 0 fully saturated rings. The van der Waals surface area contributed by atoms with Gasteiger partial charge in [0.15, 0.2) is 0 Å². The van der Waals surface area contributed by atoms with Gasteiger partial charge < -0.3 is 9.30 Å². The predicted octanol–water partition coefficient (Wildman–Crippen LogP) is 5.94. The first-order valence-corrected chi connectivity index (χ1v) is 9.47. The van der Waals surface area contributed by atoms with Gasteiger partial charge in [-0.1, -0.05) is 41.4 Å². The normalized spacial score (nSPS) is 13.5. The Morgan fingerprint density at radius 2 is 1.81 bits per heavy atom. The molecule has 3 nitrogen and oxygen atoms in total. The van der Waals surface area contributed by atoms with Crippen LogP contribution in [0.3, 0.4) is 0 Å². The molecule has 0 N–H and O–H groups in total. The first-order chi connectivity index (χ1) is 12.9. The second kappa shape index (κ2) is 8.87. The van der Waals surface area contributed by atoms with E-state index in [1.54, 1.807) is 18.6 Å². The predicted molar refractivity (Wildman–Crippen MR) is 107 cm³/mol. The van der Waals surface area contributed by atoms with Crippen molar-refractivity contribution in [2.24, 2.45) is 0 Å². The van der Waals surface area contributed by atoms with Gasteiger partial charge in [0.05, 0.1) is 35.1 Å². The standard InChI is InChI=1S/C21H21Cl2FN2O/c1-21(14-26-11-10-25-15-26,9-8-16-2-5-18(24)6-3-16)27-13-17-4-7-19(22)20(23)12-17/h2-7,10-12,15H,8-9,13-14H2,1H3. The van der Waals surface area contributed by atoms with Crippen molar-refractivity contribution in [1.29, 1.82) is 0 Å². The van der Waals surface area contributed by atoms with Gasteiger partial charge in [0.1, 0.15) is 5.82 Å². The maximum atomic E-state index is 13.1. The van der Waals surface area contributed by atoms with Crippen LogP contribution in [0.4, 0.5) is 4.39 Å². The molecule has 142 valence electrons. The molecular weight excluding hydrogens is 386 g/mol. The molecule has 1 unspecified atom stereocenters. The summed E-state index contributed by atoms with van der Waals surface area (Å²) in [7, 11) is 0. The molecule has 0 amide bonds. The lowest BCUT2D eigenvalue weighted by molar-refractivity contribution is -0.0602. The van der Waals surface area contributed by atoms with Gasteiger partial charge in [0, 0.05) is 12.4 Å². The lowest BCUT2D eigenvalue weighted by atomic mass is 9.96. The molecule has 1 atom stereocenters. The number of nitrogens with zero attached hydrogens (tertiary/aromatic N) is 2. The van der Waals surface area contributed by atoms with Crippen LogP contribution >= 0.6 is 23.2 Å². The third-order valence-electron chi connectivity index (χ3n) is 4.50. The third kappa shape index (κ3) is 5.80. The fraction of sp³-hybridized carbons (Fsp3) is 0.286. The van der Waals surface area contributed by atoms with E-state index in [0.717, 1.165) is 24.0 Å². The minimum absolute atomic E-state index is 0.226. The summed E-state index contributed by atoms with van der Waals surface area (Å²) in [6, 6.07) is 12.1. The lowest BCUT2D eigenvalue weighted by Gasteiger charge is -2.31. The Balaban J connectivity index is 1.70. The fourth-order valence-electron chi connectivity index (χ4n) is 2.91. The van der Waals surface area contributed by atoms with Crippen LogP contribution in [0.15, 0.2) is 61.2 Å². The van der Waals surface area contributed by atoms with Crippen molar-refractivity contribution in [1.82, 2.24) is 9.55 Å². The fourth-order valence-corrected chi connectivity index (χ4v) is 3.23. The second-order valence-corrected chi connectivity index (χ2v) is 7.66. The summed E-state index contributed by atoms with van der Waals surface area (Å²) in [4.78, 5) is 4.11. The third-order valence-corrected chi connectivity index (χ3v) is 5.24. The number of aromatic nitrogens is 2. The van der Waals surface area contributed by atoms with Crippen LogP contribution in [0.2, 0.25) is 10.0 Å². The van der Waals surface area contributed by atoms with E-state index < -0.39 is 5.60 Å². The zero-order valence-electron chi connectivity index (χ0n) is 15.0. The van der Waals surface area contributed by atoms with E-state index in [4.69, 9.17) is 27.9 Å². The molecule has 0 aliphatic rings. The highest BCUT2D eigenvalue weighted by Crippen LogP contribution is 2.26. The summed E-state index contributed by atoms with van der Waals surface area (Å²) < 4.78 is 21.4. The van der Waals surface area contributed by atoms with Crippen molar-refractivity contribution in [3.63, 3.8) is 0 Å². The van der Waals surface area contributed by atoms with Crippen molar-refractivity contribution in [3.05, 3.63) is 88.2 Å². The Kier molecular flexibility index (Phi) is 6.53. The topological polar surface area (TPSA) is 27.1 Å². The zero-order chi connectivity index (χ0) is 19.3. The van der Waals surface area contributed by atoms with Gasteiger partial charge in [0.25, 0.3) is 0 Å². The molecule has 6 heteroatoms. The molecule has 3 rings (SSSR count). The zero-order valence-corrected chi connectivity index (χ0v) is 16.6. The molecule has 27 heavy (non-hydrogen) atoms. The SMILES string of the molecule is CC(CCc1ccc(F)cc1)(Cn1ccnc1)OCc1ccc(Cl)c(Cl)c1. The highest BCUT2D eigenvalue weighted by molar-refractivity contribution is 6.42. The molecule has 0 bridgehead atoms. The van der Waals surface area contributed by atoms with E-state index in [1.165, 1.54) is 12.1 Å². The van der Waals surface area contributed by atoms with Gasteiger partial charge in [-0.05, 0) is 55.2 Å². The molecular formula is C21H21Cl2FN2O. The molecule has 2 aromatic carbocycles. The number of rotatable bonds is 8. The van der Waals surface area contributed by atoms with Crippen molar-refractivity contribution >= 4 is 23.2 Å². The Morgan fingerprint density at radius 1 is 1.07 bits per heavy atom. The molecule has 1 aromatic heterocycles. The summed E-state index contributed by atoms with van der Waals surface area (Å²) in [5.41, 5.74) is 1.61. The first-order valence-electron chi connectivity index (χ1n) is 8.72. The average molecular weight is 407 g/mol. The smallest absolute Gasteiger partial charge is 0.123 e. The highest BCUT2D eigenvalue weighted by Gasteiger charge is 2.26. The van der Waals surface area contributed by atoms with Gasteiger partial charge in [-0.2, -0.15) is 0 Å². The van der Waals surface area contributed by atoms with Gasteiger partial charge in [-0.15, -0.1) is 0 Å². The second-order valence-electron chi connectivity index (χ2n) is 6.85. The summed E-state index contributed by atoms with van der Waals surface area (Å²) in [6.45, 7) is 3.16. The van der Waals surface area contributed by atoms with Crippen LogP contribution in [0.25, 0.3) is 0 Å². The van der Waals surface area contributed by atoms with Crippen LogP contribution in [0.5, 0.6) is 0 Å². The summed E-state index contributed by atoms with van der Waals surface area (Å²) in [5.74, 6) is -0.226. The maximum Gasteiger partial charge on any atom is 0.123 e. The monoisotopic (exact) mass is 406 g/mol. The van der Waals surface area contributed by atoms with Crippen molar-refractivity contribution in [3.8, 4) is 0 Å². The van der Waals surface area contributed by atoms with E-state index in [1.807, 2.05) is 35.0 Å². The average Bonchev–Trinajstić information content (AvgIpc) is 3.15. The van der Waals surface area contributed by atoms with Crippen molar-refractivity contribution in [2.75, 3.05) is 0 Å². The van der Waals surface area contributed by atoms with Crippen LogP contribution in [0, 0.1) is 5.82 Å². The molecule has 0 radical (unpaired) electrons. The van der Waals surface area contributed by atoms with Gasteiger partial charge in [-0.3, -0.25) is 0 Å². The van der Waals surface area contributed by atoms with E-state index in [2.05, 4.69) is 11.9 Å². The van der Waals surface area contributed by atoms with Gasteiger partial charge >= 0.3 is 0 Å². The number of imidazole rings is 1. The Morgan fingerprint density at radius 3 is 2.48 bits per heavy atom. The number of hydrogen-bond acceptors (Lipinski definition) is 2. The van der Waals surface area contributed by atoms with Gasteiger partial charge in [0.2, 0.25) is 0 Å². The van der Waals surface area contributed by atoms with Crippen LogP contribution in [0.1, 0.15) is 24.5 Å². The molecule has 0 aliphatic heterocycles. The lowest BCUT2D eigenvalue weighted by Crippen LogP contribution is -2.34. The summed E-state index contributed by atoms with van der Waals surface area (Å²) in [6.07, 6.45) is 7.00. The largest absolute Gasteiger partial charge is 0.369 e. The van der Waals surface area contributed by atoms with Crippen molar-refractivity contribution in [2.45, 2.75) is 38.5 Å². The number of benzene rings is 2. The van der Waals surface area contributed by atoms with Crippen molar-refractivity contribution < 1.29 is 9.13 Å². The Labute approximate surface area is 168 Å². The van der Waals surface area contributed by atoms with E-state index in [-0.39, 0.29) is 5.82 Å². The van der Waals surface area contributed by atoms with Crippen LogP contribution in [-0.2, 0) is 24.3 Å². The Bertz CT molecular complexity index is 868. The number of aryl methyl sites for hydroxylation is 1. The molecule has 0 saturated heterocycles. The van der Waals surface area contributed by atoms with Crippen LogP contribution in [-0.4, -0.2) is 15.2 Å². The number of ether oxygens (including phenoxy) is 1. The molecule has 3 aromatic rings. The molecule has 0 saturated carbocycles. The molecule has 0 spiro atoms. The maximum absolute atomic E-state index is 13.1. The van der Waals surface area contributed by atoms with Gasteiger partial charge in [-0.25, -0.2) is 9.37 Å². The number of halogens is 3. The summed E-state index contributed by atoms with van der Waals surface area (Å²) >= 11 is 12.1. The van der Waals surface area contributed by atoms with Crippen LogP contribution < -0.4 is 0 Å². The molecule has 1 heterocycles. The summed E-state index contributed by atoms with van der Waals surface area (Å²) in [5, 5.41) is 1.04. The molecule has 0 aliphatic carbocycles. The first kappa shape index (κ1) is 19.9. The quantitative estimate of drug-likeness (QED) is 0.462. The highest BCUT2D eigenvalue weighted by atomic mass is 35.5. The Hall–Kier alpha value is -1.88. The minimum atomic E-state index is -0.429. The van der Waals surface area contributed by atoms with E-state index in [0.29, 0.717) is 23.2 Å². The van der Waals surface area contributed by atoms with E-state index >= 15 is 0 Å². The number of hydrogen-bond donors (Lipinski definition) is 0. The minimum Gasteiger partial charge on any atom is -0.369 e. The van der Waals surface area contributed by atoms with E-state index in [9.17, 15) is 4.39 Å².